The molecule has 0 amide bonds. The molecule has 0 spiro atoms. The zero-order chi connectivity index (χ0) is 12.6. The fourth-order valence-corrected chi connectivity index (χ4v) is 2.47. The molecule has 2 rings (SSSR count). The van der Waals surface area contributed by atoms with E-state index in [1.165, 1.54) is 11.1 Å². The lowest BCUT2D eigenvalue weighted by Crippen LogP contribution is -2.28. The van der Waals surface area contributed by atoms with Crippen LogP contribution in [0.15, 0.2) is 18.2 Å². The summed E-state index contributed by atoms with van der Waals surface area (Å²) in [5.41, 5.74) is 8.26. The van der Waals surface area contributed by atoms with Gasteiger partial charge in [-0.3, -0.25) is 0 Å². The Morgan fingerprint density at radius 1 is 1.41 bits per heavy atom. The third-order valence-electron chi connectivity index (χ3n) is 4.08. The van der Waals surface area contributed by atoms with Gasteiger partial charge in [0.15, 0.2) is 0 Å². The number of hydrogen-bond acceptors (Lipinski definition) is 2. The Hall–Kier alpha value is -1.02. The van der Waals surface area contributed by atoms with Gasteiger partial charge in [-0.2, -0.15) is 0 Å². The third kappa shape index (κ3) is 2.19. The second kappa shape index (κ2) is 4.34. The minimum atomic E-state index is -0.0853. The first-order chi connectivity index (χ1) is 7.95. The molecule has 1 aliphatic rings. The number of hydrogen-bond donors (Lipinski definition) is 1. The first kappa shape index (κ1) is 12.4. The second-order valence-corrected chi connectivity index (χ2v) is 5.70. The summed E-state index contributed by atoms with van der Waals surface area (Å²) in [5, 5.41) is 0. The molecule has 0 bridgehead atoms. The van der Waals surface area contributed by atoms with Gasteiger partial charge in [0, 0.05) is 11.5 Å². The highest BCUT2D eigenvalue weighted by atomic mass is 16.5. The summed E-state index contributed by atoms with van der Waals surface area (Å²) in [7, 11) is 0. The van der Waals surface area contributed by atoms with Crippen LogP contribution in [0.3, 0.4) is 0 Å². The van der Waals surface area contributed by atoms with Crippen LogP contribution in [0, 0.1) is 0 Å². The van der Waals surface area contributed by atoms with Gasteiger partial charge in [0.1, 0.15) is 11.4 Å². The number of rotatable bonds is 3. The standard InChI is InChI=1S/C15H23NO/c1-10(7-8-16)12-5-6-14-13(9-12)11(2)15(3,4)17-14/h5-6,9-11H,7-8,16H2,1-4H3. The number of fused-ring (bicyclic) bond motifs is 1. The van der Waals surface area contributed by atoms with Crippen LogP contribution in [0.1, 0.15) is 57.1 Å². The van der Waals surface area contributed by atoms with Crippen LogP contribution in [-0.4, -0.2) is 12.1 Å². The predicted molar refractivity (Wildman–Crippen MR) is 71.7 cm³/mol. The van der Waals surface area contributed by atoms with Crippen LogP contribution in [0.5, 0.6) is 5.75 Å². The lowest BCUT2D eigenvalue weighted by molar-refractivity contribution is 0.116. The van der Waals surface area contributed by atoms with Crippen molar-refractivity contribution < 1.29 is 4.74 Å². The minimum absolute atomic E-state index is 0.0853. The molecule has 1 heterocycles. The van der Waals surface area contributed by atoms with Gasteiger partial charge in [0.2, 0.25) is 0 Å². The van der Waals surface area contributed by atoms with Gasteiger partial charge in [0.25, 0.3) is 0 Å². The molecule has 2 unspecified atom stereocenters. The second-order valence-electron chi connectivity index (χ2n) is 5.70. The molecule has 2 atom stereocenters. The lowest BCUT2D eigenvalue weighted by atomic mass is 9.86. The Bertz CT molecular complexity index is 411. The molecular weight excluding hydrogens is 210 g/mol. The molecule has 1 aliphatic heterocycles. The summed E-state index contributed by atoms with van der Waals surface area (Å²) in [4.78, 5) is 0. The van der Waals surface area contributed by atoms with Crippen molar-refractivity contribution in [2.24, 2.45) is 5.73 Å². The van der Waals surface area contributed by atoms with E-state index in [0.29, 0.717) is 11.8 Å². The molecular formula is C15H23NO. The predicted octanol–water partition coefficient (Wildman–Crippen LogP) is 3.41. The maximum absolute atomic E-state index is 5.98. The molecule has 2 N–H and O–H groups in total. The molecule has 0 radical (unpaired) electrons. The van der Waals surface area contributed by atoms with Crippen molar-refractivity contribution in [2.45, 2.75) is 51.6 Å². The molecule has 0 fully saturated rings. The molecule has 2 heteroatoms. The van der Waals surface area contributed by atoms with Gasteiger partial charge < -0.3 is 10.5 Å². The summed E-state index contributed by atoms with van der Waals surface area (Å²) in [6, 6.07) is 6.59. The third-order valence-corrected chi connectivity index (χ3v) is 4.08. The molecule has 2 nitrogen and oxygen atoms in total. The SMILES string of the molecule is CC(CCN)c1ccc2c(c1)C(C)C(C)(C)O2. The summed E-state index contributed by atoms with van der Waals surface area (Å²) < 4.78 is 5.98. The van der Waals surface area contributed by atoms with E-state index < -0.39 is 0 Å². The molecule has 0 saturated heterocycles. The van der Waals surface area contributed by atoms with Gasteiger partial charge >= 0.3 is 0 Å². The van der Waals surface area contributed by atoms with Crippen molar-refractivity contribution in [1.82, 2.24) is 0 Å². The first-order valence-electron chi connectivity index (χ1n) is 6.48. The van der Waals surface area contributed by atoms with Crippen molar-refractivity contribution in [3.63, 3.8) is 0 Å². The van der Waals surface area contributed by atoms with E-state index >= 15 is 0 Å². The van der Waals surface area contributed by atoms with E-state index in [9.17, 15) is 0 Å². The van der Waals surface area contributed by atoms with E-state index in [0.717, 1.165) is 18.7 Å². The Balaban J connectivity index is 2.31. The van der Waals surface area contributed by atoms with Crippen LogP contribution in [0.4, 0.5) is 0 Å². The molecule has 0 aromatic heterocycles. The first-order valence-corrected chi connectivity index (χ1v) is 6.48. The Kier molecular flexibility index (Phi) is 3.17. The van der Waals surface area contributed by atoms with Crippen molar-refractivity contribution >= 4 is 0 Å². The van der Waals surface area contributed by atoms with E-state index in [1.807, 2.05) is 0 Å². The zero-order valence-corrected chi connectivity index (χ0v) is 11.3. The number of ether oxygens (including phenoxy) is 1. The highest BCUT2D eigenvalue weighted by molar-refractivity contribution is 5.45. The van der Waals surface area contributed by atoms with Gasteiger partial charge in [-0.05, 0) is 44.4 Å². The molecule has 0 aliphatic carbocycles. The van der Waals surface area contributed by atoms with Crippen LogP contribution >= 0.6 is 0 Å². The molecule has 17 heavy (non-hydrogen) atoms. The minimum Gasteiger partial charge on any atom is -0.487 e. The highest BCUT2D eigenvalue weighted by Crippen LogP contribution is 2.45. The van der Waals surface area contributed by atoms with Crippen molar-refractivity contribution in [2.75, 3.05) is 6.54 Å². The fourth-order valence-electron chi connectivity index (χ4n) is 2.47. The van der Waals surface area contributed by atoms with Crippen molar-refractivity contribution in [3.8, 4) is 5.75 Å². The Morgan fingerprint density at radius 2 is 2.12 bits per heavy atom. The van der Waals surface area contributed by atoms with E-state index in [2.05, 4.69) is 45.9 Å². The monoisotopic (exact) mass is 233 g/mol. The van der Waals surface area contributed by atoms with Crippen LogP contribution in [-0.2, 0) is 0 Å². The average Bonchev–Trinajstić information content (AvgIpc) is 2.50. The van der Waals surface area contributed by atoms with E-state index in [-0.39, 0.29) is 5.60 Å². The summed E-state index contributed by atoms with van der Waals surface area (Å²) in [6.07, 6.45) is 1.04. The Morgan fingerprint density at radius 3 is 2.76 bits per heavy atom. The fraction of sp³-hybridized carbons (Fsp3) is 0.600. The quantitative estimate of drug-likeness (QED) is 0.868. The normalized spacial score (nSPS) is 23.0. The average molecular weight is 233 g/mol. The molecule has 94 valence electrons. The maximum Gasteiger partial charge on any atom is 0.123 e. The van der Waals surface area contributed by atoms with Crippen LogP contribution < -0.4 is 10.5 Å². The van der Waals surface area contributed by atoms with Gasteiger partial charge in [-0.15, -0.1) is 0 Å². The molecule has 1 aromatic carbocycles. The van der Waals surface area contributed by atoms with Gasteiger partial charge in [0.05, 0.1) is 0 Å². The van der Waals surface area contributed by atoms with E-state index in [1.54, 1.807) is 0 Å². The van der Waals surface area contributed by atoms with Crippen molar-refractivity contribution in [3.05, 3.63) is 29.3 Å². The van der Waals surface area contributed by atoms with Crippen molar-refractivity contribution in [1.29, 1.82) is 0 Å². The largest absolute Gasteiger partial charge is 0.487 e. The summed E-state index contributed by atoms with van der Waals surface area (Å²) in [5.74, 6) is 2.02. The summed E-state index contributed by atoms with van der Waals surface area (Å²) >= 11 is 0. The summed E-state index contributed by atoms with van der Waals surface area (Å²) in [6.45, 7) is 9.53. The molecule has 0 saturated carbocycles. The number of nitrogens with two attached hydrogens (primary N) is 1. The zero-order valence-electron chi connectivity index (χ0n) is 11.3. The lowest BCUT2D eigenvalue weighted by Gasteiger charge is -2.23. The van der Waals surface area contributed by atoms with Gasteiger partial charge in [-0.25, -0.2) is 0 Å². The molecule has 1 aromatic rings. The Labute approximate surface area is 104 Å². The highest BCUT2D eigenvalue weighted by Gasteiger charge is 2.37. The number of benzene rings is 1. The van der Waals surface area contributed by atoms with Gasteiger partial charge in [-0.1, -0.05) is 26.0 Å². The van der Waals surface area contributed by atoms with Crippen LogP contribution in [0.25, 0.3) is 0 Å². The van der Waals surface area contributed by atoms with E-state index in [4.69, 9.17) is 10.5 Å². The smallest absolute Gasteiger partial charge is 0.123 e. The maximum atomic E-state index is 5.98. The van der Waals surface area contributed by atoms with Crippen LogP contribution in [0.2, 0.25) is 0 Å². The topological polar surface area (TPSA) is 35.2 Å².